The third-order valence-corrected chi connectivity index (χ3v) is 6.07. The van der Waals surface area contributed by atoms with Gasteiger partial charge in [0.2, 0.25) is 11.8 Å². The maximum Gasteiger partial charge on any atom is 0.242 e. The highest BCUT2D eigenvalue weighted by molar-refractivity contribution is 8.00. The lowest BCUT2D eigenvalue weighted by atomic mass is 10.1. The summed E-state index contributed by atoms with van der Waals surface area (Å²) in [6, 6.07) is 15.0. The van der Waals surface area contributed by atoms with Crippen molar-refractivity contribution in [2.24, 2.45) is 0 Å². The number of benzene rings is 2. The average Bonchev–Trinajstić information content (AvgIpc) is 2.72. The van der Waals surface area contributed by atoms with Crippen molar-refractivity contribution in [3.05, 3.63) is 64.7 Å². The predicted octanol–water partition coefficient (Wildman–Crippen LogP) is 5.07. The maximum absolute atomic E-state index is 13.1. The Kier molecular flexibility index (Phi) is 9.05. The van der Waals surface area contributed by atoms with Gasteiger partial charge in [0.25, 0.3) is 0 Å². The largest absolute Gasteiger partial charge is 0.352 e. The number of hydrogen-bond acceptors (Lipinski definition) is 3. The molecule has 0 radical (unpaired) electrons. The summed E-state index contributed by atoms with van der Waals surface area (Å²) in [5.74, 6) is 0.0580. The van der Waals surface area contributed by atoms with Gasteiger partial charge in [-0.25, -0.2) is 0 Å². The topological polar surface area (TPSA) is 49.4 Å². The molecular formula is C23H29ClN2O2S. The van der Waals surface area contributed by atoms with Crippen LogP contribution < -0.4 is 5.32 Å². The Labute approximate surface area is 183 Å². The molecule has 6 heteroatoms. The molecule has 0 unspecified atom stereocenters. The Morgan fingerprint density at radius 2 is 1.69 bits per heavy atom. The standard InChI is InChI=1S/C23H29ClN2O2S/c1-5-17(3)25-23(28)18(4)26(14-19-8-6-16(2)7-9-19)22(27)15-29-21-12-10-20(24)11-13-21/h6-13,17-18H,5,14-15H2,1-4H3,(H,25,28)/t17-,18+/m0/s1. The molecule has 2 atom stereocenters. The Balaban J connectivity index is 2.13. The molecule has 2 rings (SSSR count). The van der Waals surface area contributed by atoms with E-state index in [1.54, 1.807) is 24.0 Å². The Morgan fingerprint density at radius 1 is 1.07 bits per heavy atom. The second-order valence-corrected chi connectivity index (χ2v) is 8.73. The van der Waals surface area contributed by atoms with Crippen LogP contribution >= 0.6 is 23.4 Å². The number of aryl methyl sites for hydroxylation is 1. The molecule has 2 aromatic rings. The van der Waals surface area contributed by atoms with Gasteiger partial charge in [0, 0.05) is 22.5 Å². The monoisotopic (exact) mass is 432 g/mol. The summed E-state index contributed by atoms with van der Waals surface area (Å²) in [7, 11) is 0. The molecule has 156 valence electrons. The minimum Gasteiger partial charge on any atom is -0.352 e. The van der Waals surface area contributed by atoms with Gasteiger partial charge in [0.15, 0.2) is 0 Å². The van der Waals surface area contributed by atoms with E-state index in [2.05, 4.69) is 5.32 Å². The van der Waals surface area contributed by atoms with E-state index in [4.69, 9.17) is 11.6 Å². The van der Waals surface area contributed by atoms with Crippen LogP contribution in [0.4, 0.5) is 0 Å². The van der Waals surface area contributed by atoms with Crippen LogP contribution in [-0.2, 0) is 16.1 Å². The fourth-order valence-corrected chi connectivity index (χ4v) is 3.61. The highest BCUT2D eigenvalue weighted by atomic mass is 35.5. The van der Waals surface area contributed by atoms with E-state index in [1.165, 1.54) is 11.8 Å². The van der Waals surface area contributed by atoms with Gasteiger partial charge in [-0.3, -0.25) is 9.59 Å². The molecule has 0 fully saturated rings. The molecule has 0 aliphatic rings. The number of hydrogen-bond donors (Lipinski definition) is 1. The molecule has 1 N–H and O–H groups in total. The Hall–Kier alpha value is -1.98. The lowest BCUT2D eigenvalue weighted by molar-refractivity contribution is -0.138. The molecule has 2 amide bonds. The van der Waals surface area contributed by atoms with Gasteiger partial charge < -0.3 is 10.2 Å². The van der Waals surface area contributed by atoms with Crippen LogP contribution in [0.1, 0.15) is 38.3 Å². The molecule has 0 heterocycles. The van der Waals surface area contributed by atoms with Crippen LogP contribution in [0.3, 0.4) is 0 Å². The Bertz CT molecular complexity index is 809. The van der Waals surface area contributed by atoms with Crippen LogP contribution in [0.2, 0.25) is 5.02 Å². The number of thioether (sulfide) groups is 1. The van der Waals surface area contributed by atoms with Crippen molar-refractivity contribution in [3.8, 4) is 0 Å². The van der Waals surface area contributed by atoms with Crippen LogP contribution in [0.25, 0.3) is 0 Å². The van der Waals surface area contributed by atoms with Gasteiger partial charge in [-0.15, -0.1) is 11.8 Å². The average molecular weight is 433 g/mol. The van der Waals surface area contributed by atoms with Gasteiger partial charge in [0.1, 0.15) is 6.04 Å². The number of amides is 2. The lowest BCUT2D eigenvalue weighted by Gasteiger charge is -2.29. The normalized spacial score (nSPS) is 12.9. The van der Waals surface area contributed by atoms with Crippen LogP contribution in [0.15, 0.2) is 53.4 Å². The number of carbonyl (C=O) groups is 2. The Morgan fingerprint density at radius 3 is 2.28 bits per heavy atom. The zero-order valence-electron chi connectivity index (χ0n) is 17.4. The number of rotatable bonds is 9. The highest BCUT2D eigenvalue weighted by Gasteiger charge is 2.26. The van der Waals surface area contributed by atoms with Gasteiger partial charge in [-0.1, -0.05) is 48.4 Å². The molecule has 0 saturated carbocycles. The predicted molar refractivity (Wildman–Crippen MR) is 121 cm³/mol. The molecular weight excluding hydrogens is 404 g/mol. The minimum absolute atomic E-state index is 0.0719. The van der Waals surface area contributed by atoms with Crippen molar-refractivity contribution in [1.82, 2.24) is 10.2 Å². The van der Waals surface area contributed by atoms with Crippen molar-refractivity contribution in [2.75, 3.05) is 5.75 Å². The van der Waals surface area contributed by atoms with Gasteiger partial charge in [-0.2, -0.15) is 0 Å². The van der Waals surface area contributed by atoms with E-state index in [9.17, 15) is 9.59 Å². The van der Waals surface area contributed by atoms with E-state index in [1.807, 2.05) is 57.2 Å². The SMILES string of the molecule is CC[C@H](C)NC(=O)[C@@H](C)N(Cc1ccc(C)cc1)C(=O)CSc1ccc(Cl)cc1. The molecule has 0 aromatic heterocycles. The van der Waals surface area contributed by atoms with Crippen molar-refractivity contribution < 1.29 is 9.59 Å². The maximum atomic E-state index is 13.1. The highest BCUT2D eigenvalue weighted by Crippen LogP contribution is 2.22. The summed E-state index contributed by atoms with van der Waals surface area (Å²) < 4.78 is 0. The number of carbonyl (C=O) groups excluding carboxylic acids is 2. The van der Waals surface area contributed by atoms with E-state index in [0.29, 0.717) is 11.6 Å². The molecule has 0 spiro atoms. The van der Waals surface area contributed by atoms with Crippen molar-refractivity contribution in [2.45, 2.75) is 57.6 Å². The first-order valence-corrected chi connectivity index (χ1v) is 11.2. The fourth-order valence-electron chi connectivity index (χ4n) is 2.70. The second-order valence-electron chi connectivity index (χ2n) is 7.24. The first-order chi connectivity index (χ1) is 13.8. The van der Waals surface area contributed by atoms with Crippen molar-refractivity contribution in [3.63, 3.8) is 0 Å². The summed E-state index contributed by atoms with van der Waals surface area (Å²) >= 11 is 7.37. The number of nitrogens with one attached hydrogen (secondary N) is 1. The summed E-state index contributed by atoms with van der Waals surface area (Å²) in [5.41, 5.74) is 2.16. The third kappa shape index (κ3) is 7.41. The summed E-state index contributed by atoms with van der Waals surface area (Å²) in [6.07, 6.45) is 0.844. The van der Waals surface area contributed by atoms with E-state index in [-0.39, 0.29) is 23.6 Å². The summed E-state index contributed by atoms with van der Waals surface area (Å²) in [4.78, 5) is 28.4. The molecule has 0 aliphatic heterocycles. The molecule has 29 heavy (non-hydrogen) atoms. The fraction of sp³-hybridized carbons (Fsp3) is 0.391. The molecule has 0 bridgehead atoms. The minimum atomic E-state index is -0.552. The summed E-state index contributed by atoms with van der Waals surface area (Å²) in [6.45, 7) is 8.20. The first kappa shape index (κ1) is 23.3. The summed E-state index contributed by atoms with van der Waals surface area (Å²) in [5, 5.41) is 3.65. The van der Waals surface area contributed by atoms with Crippen molar-refractivity contribution in [1.29, 1.82) is 0 Å². The third-order valence-electron chi connectivity index (χ3n) is 4.82. The van der Waals surface area contributed by atoms with E-state index < -0.39 is 6.04 Å². The van der Waals surface area contributed by atoms with Crippen LogP contribution in [0.5, 0.6) is 0 Å². The van der Waals surface area contributed by atoms with Crippen LogP contribution in [0, 0.1) is 6.92 Å². The van der Waals surface area contributed by atoms with Crippen molar-refractivity contribution >= 4 is 35.2 Å². The van der Waals surface area contributed by atoms with Gasteiger partial charge in [0.05, 0.1) is 5.75 Å². The molecule has 0 saturated heterocycles. The zero-order valence-corrected chi connectivity index (χ0v) is 19.0. The lowest BCUT2D eigenvalue weighted by Crippen LogP contribution is -2.50. The van der Waals surface area contributed by atoms with Crippen LogP contribution in [-0.4, -0.2) is 34.6 Å². The molecule has 4 nitrogen and oxygen atoms in total. The zero-order chi connectivity index (χ0) is 21.4. The number of halogens is 1. The molecule has 0 aliphatic carbocycles. The van der Waals surface area contributed by atoms with Gasteiger partial charge >= 0.3 is 0 Å². The van der Waals surface area contributed by atoms with E-state index >= 15 is 0 Å². The van der Waals surface area contributed by atoms with Gasteiger partial charge in [-0.05, 0) is 57.0 Å². The number of nitrogens with zero attached hydrogens (tertiary/aromatic N) is 1. The molecule has 2 aromatic carbocycles. The second kappa shape index (κ2) is 11.3. The quantitative estimate of drug-likeness (QED) is 0.562. The first-order valence-electron chi connectivity index (χ1n) is 9.84. The van der Waals surface area contributed by atoms with E-state index in [0.717, 1.165) is 22.4 Å². The smallest absolute Gasteiger partial charge is 0.242 e.